The number of carboxylic acids is 1. The highest BCUT2D eigenvalue weighted by atomic mass is 35.5. The van der Waals surface area contributed by atoms with Gasteiger partial charge in [0.15, 0.2) is 6.19 Å². The lowest BCUT2D eigenvalue weighted by Gasteiger charge is -2.30. The molecule has 0 aliphatic carbocycles. The number of fused-ring (bicyclic) bond motifs is 2. The van der Waals surface area contributed by atoms with Crippen LogP contribution < -0.4 is 10.6 Å². The minimum atomic E-state index is -1.45. The van der Waals surface area contributed by atoms with Gasteiger partial charge < -0.3 is 29.7 Å². The lowest BCUT2D eigenvalue weighted by Crippen LogP contribution is -2.45. The molecule has 12 nitrogen and oxygen atoms in total. The Morgan fingerprint density at radius 1 is 1.19 bits per heavy atom. The number of nitriles is 1. The van der Waals surface area contributed by atoms with E-state index in [0.717, 1.165) is 5.52 Å². The van der Waals surface area contributed by atoms with Crippen LogP contribution in [0, 0.1) is 11.5 Å². The number of hydrogen-bond acceptors (Lipinski definition) is 6. The Bertz CT molecular complexity index is 1600. The van der Waals surface area contributed by atoms with Crippen molar-refractivity contribution in [2.75, 3.05) is 26.2 Å². The highest BCUT2D eigenvalue weighted by Gasteiger charge is 2.30. The van der Waals surface area contributed by atoms with E-state index >= 15 is 0 Å². The van der Waals surface area contributed by atoms with E-state index in [0.29, 0.717) is 42.6 Å². The van der Waals surface area contributed by atoms with Crippen LogP contribution in [0.1, 0.15) is 38.3 Å². The third-order valence-electron chi connectivity index (χ3n) is 7.33. The largest absolute Gasteiger partial charge is 0.480 e. The molecule has 2 aliphatic heterocycles. The van der Waals surface area contributed by atoms with Gasteiger partial charge in [-0.05, 0) is 48.2 Å². The van der Waals surface area contributed by atoms with Gasteiger partial charge >= 0.3 is 5.97 Å². The number of aromatic nitrogens is 1. The predicted molar refractivity (Wildman–Crippen MR) is 154 cm³/mol. The number of β-amino-alcohol motifs (C(OH)–C–C–N with tert-alkyl or cyclic N) is 1. The first-order valence-corrected chi connectivity index (χ1v) is 13.9. The second-order valence-corrected chi connectivity index (χ2v) is 10.9. The van der Waals surface area contributed by atoms with Crippen molar-refractivity contribution in [1.82, 2.24) is 24.8 Å². The van der Waals surface area contributed by atoms with Crippen molar-refractivity contribution in [3.8, 4) is 6.19 Å². The fourth-order valence-corrected chi connectivity index (χ4v) is 5.95. The zero-order valence-corrected chi connectivity index (χ0v) is 23.8. The van der Waals surface area contributed by atoms with Crippen molar-refractivity contribution in [2.24, 2.45) is 4.99 Å². The van der Waals surface area contributed by atoms with Crippen LogP contribution in [-0.2, 0) is 17.8 Å². The maximum absolute atomic E-state index is 13.2. The summed E-state index contributed by atoms with van der Waals surface area (Å²) in [5, 5.41) is 33.5. The fourth-order valence-electron chi connectivity index (χ4n) is 5.18. The number of amides is 2. The number of carboxylic acid groups (broad SMARTS) is 1. The molecular formula is C28H27Cl2N7O5. The molecule has 42 heavy (non-hydrogen) atoms. The number of nitrogens with one attached hydrogen (secondary N) is 2. The molecule has 0 unspecified atom stereocenters. The van der Waals surface area contributed by atoms with Crippen molar-refractivity contribution in [3.63, 3.8) is 0 Å². The molecule has 2 aromatic heterocycles. The Morgan fingerprint density at radius 3 is 2.69 bits per heavy atom. The van der Waals surface area contributed by atoms with Gasteiger partial charge in [0.2, 0.25) is 5.96 Å². The Kier molecular flexibility index (Phi) is 8.54. The molecule has 0 saturated carbocycles. The van der Waals surface area contributed by atoms with Crippen molar-refractivity contribution in [2.45, 2.75) is 31.5 Å². The zero-order chi connectivity index (χ0) is 30.0. The van der Waals surface area contributed by atoms with Crippen LogP contribution in [-0.4, -0.2) is 86.5 Å². The Balaban J connectivity index is 1.31. The molecule has 2 amide bonds. The number of benzene rings is 1. The number of aliphatic imine (C=N–C) groups is 1. The summed E-state index contributed by atoms with van der Waals surface area (Å²) < 4.78 is 1.87. The van der Waals surface area contributed by atoms with Crippen LogP contribution in [0.15, 0.2) is 47.7 Å². The third kappa shape index (κ3) is 5.99. The first kappa shape index (κ1) is 29.2. The molecule has 0 bridgehead atoms. The van der Waals surface area contributed by atoms with E-state index in [4.69, 9.17) is 28.5 Å². The maximum Gasteiger partial charge on any atom is 0.328 e. The molecular weight excluding hydrogens is 585 g/mol. The molecule has 4 heterocycles. The standard InChI is InChI=1S/C28H27Cl2N7O5/c29-21-10-16-12-36(26(40)17-9-18-3-1-2-6-35(18)13-17)8-5-20(16)24(30)23(21)25(39)34-22(27(41)42)11-32-28(33-15-31)37-7-4-19(38)14-37/h1-3,6,9-10,13,19,22,38H,4-5,7-8,11-12,14H2,(H,32,33)(H,34,39)(H,41,42)/t19-,22-/m0/s1. The summed E-state index contributed by atoms with van der Waals surface area (Å²) in [5.74, 6) is -2.17. The topological polar surface area (TPSA) is 163 Å². The number of nitrogens with zero attached hydrogens (tertiary/aromatic N) is 5. The van der Waals surface area contributed by atoms with Gasteiger partial charge in [0, 0.05) is 44.1 Å². The number of rotatable bonds is 6. The summed E-state index contributed by atoms with van der Waals surface area (Å²) in [5.41, 5.74) is 2.75. The zero-order valence-electron chi connectivity index (χ0n) is 22.3. The van der Waals surface area contributed by atoms with E-state index < -0.39 is 24.0 Å². The van der Waals surface area contributed by atoms with Crippen molar-refractivity contribution in [3.05, 3.63) is 75.0 Å². The van der Waals surface area contributed by atoms with Crippen LogP contribution in [0.3, 0.4) is 0 Å². The lowest BCUT2D eigenvalue weighted by molar-refractivity contribution is -0.138. The van der Waals surface area contributed by atoms with Gasteiger partial charge in [-0.1, -0.05) is 29.3 Å². The first-order valence-electron chi connectivity index (χ1n) is 13.2. The van der Waals surface area contributed by atoms with Crippen LogP contribution in [0.4, 0.5) is 0 Å². The molecule has 218 valence electrons. The molecule has 1 fully saturated rings. The Morgan fingerprint density at radius 2 is 2.00 bits per heavy atom. The highest BCUT2D eigenvalue weighted by Crippen LogP contribution is 2.35. The average molecular weight is 612 g/mol. The minimum absolute atomic E-state index is 0.0192. The highest BCUT2D eigenvalue weighted by molar-refractivity contribution is 6.40. The number of aliphatic hydroxyl groups excluding tert-OH is 1. The first-order chi connectivity index (χ1) is 20.2. The van der Waals surface area contributed by atoms with Gasteiger partial charge in [0.25, 0.3) is 11.8 Å². The third-order valence-corrected chi connectivity index (χ3v) is 8.04. The number of pyridine rings is 1. The Labute approximate surface area is 250 Å². The van der Waals surface area contributed by atoms with E-state index in [9.17, 15) is 24.6 Å². The van der Waals surface area contributed by atoms with Gasteiger partial charge in [-0.3, -0.25) is 14.9 Å². The number of halogens is 2. The molecule has 5 rings (SSSR count). The smallest absolute Gasteiger partial charge is 0.328 e. The number of carbonyl (C=O) groups excluding carboxylic acids is 2. The number of carbonyl (C=O) groups is 3. The monoisotopic (exact) mass is 611 g/mol. The van der Waals surface area contributed by atoms with E-state index in [1.165, 1.54) is 0 Å². The predicted octanol–water partition coefficient (Wildman–Crippen LogP) is 2.12. The summed E-state index contributed by atoms with van der Waals surface area (Å²) in [4.78, 5) is 45.9. The molecule has 1 saturated heterocycles. The SMILES string of the molecule is N#CNC(=NC[C@H](NC(=O)c1c(Cl)cc2c(c1Cl)CCN(C(=O)c1cc3ccccn3c1)C2)C(=O)O)N1CC[C@H](O)C1. The second-order valence-electron chi connectivity index (χ2n) is 10.1. The maximum atomic E-state index is 13.2. The van der Waals surface area contributed by atoms with Crippen molar-refractivity contribution < 1.29 is 24.6 Å². The van der Waals surface area contributed by atoms with Gasteiger partial charge in [-0.15, -0.1) is 0 Å². The number of aliphatic carboxylic acids is 1. The quantitative estimate of drug-likeness (QED) is 0.142. The number of likely N-dealkylation sites (tertiary alicyclic amines) is 1. The van der Waals surface area contributed by atoms with Crippen LogP contribution in [0.25, 0.3) is 5.52 Å². The molecule has 3 aromatic rings. The number of guanidine groups is 1. The van der Waals surface area contributed by atoms with Gasteiger partial charge in [-0.25, -0.2) is 9.79 Å². The molecule has 2 atom stereocenters. The number of aliphatic hydroxyl groups is 1. The molecule has 2 aliphatic rings. The van der Waals surface area contributed by atoms with Gasteiger partial charge in [0.1, 0.15) is 6.04 Å². The normalized spacial score (nSPS) is 17.5. The summed E-state index contributed by atoms with van der Waals surface area (Å²) in [6, 6.07) is 7.64. The fraction of sp³-hybridized carbons (Fsp3) is 0.321. The molecule has 1 aromatic carbocycles. The van der Waals surface area contributed by atoms with Crippen LogP contribution >= 0.6 is 23.2 Å². The summed E-state index contributed by atoms with van der Waals surface area (Å²) in [6.07, 6.45) is 5.67. The van der Waals surface area contributed by atoms with Crippen LogP contribution in [0.5, 0.6) is 0 Å². The molecule has 0 radical (unpaired) electrons. The average Bonchev–Trinajstić information content (AvgIpc) is 3.60. The van der Waals surface area contributed by atoms with Crippen molar-refractivity contribution in [1.29, 1.82) is 5.26 Å². The van der Waals surface area contributed by atoms with E-state index in [1.807, 2.05) is 34.9 Å². The second kappa shape index (κ2) is 12.3. The van der Waals surface area contributed by atoms with E-state index in [2.05, 4.69) is 15.6 Å². The minimum Gasteiger partial charge on any atom is -0.480 e. The van der Waals surface area contributed by atoms with Gasteiger partial charge in [-0.2, -0.15) is 5.26 Å². The van der Waals surface area contributed by atoms with Crippen molar-refractivity contribution >= 4 is 52.5 Å². The summed E-state index contributed by atoms with van der Waals surface area (Å²) >= 11 is 13.1. The number of hydrogen-bond donors (Lipinski definition) is 4. The van der Waals surface area contributed by atoms with E-state index in [1.54, 1.807) is 28.3 Å². The lowest BCUT2D eigenvalue weighted by atomic mass is 9.96. The van der Waals surface area contributed by atoms with Gasteiger partial charge in [0.05, 0.1) is 33.8 Å². The molecule has 0 spiro atoms. The van der Waals surface area contributed by atoms with Crippen LogP contribution in [0.2, 0.25) is 10.0 Å². The molecule has 4 N–H and O–H groups in total. The Hall–Kier alpha value is -4.31. The summed E-state index contributed by atoms with van der Waals surface area (Å²) in [7, 11) is 0. The molecule has 14 heteroatoms. The summed E-state index contributed by atoms with van der Waals surface area (Å²) in [6.45, 7) is 0.902. The van der Waals surface area contributed by atoms with E-state index in [-0.39, 0.29) is 47.1 Å².